The SMILES string of the molecule is CCC(C)Cn1ccnc1CNC(C)(C)C. The molecule has 0 amide bonds. The Morgan fingerprint density at radius 2 is 2.12 bits per heavy atom. The van der Waals surface area contributed by atoms with E-state index in [-0.39, 0.29) is 5.54 Å². The molecule has 1 rings (SSSR count). The Kier molecular flexibility index (Phi) is 4.54. The monoisotopic (exact) mass is 223 g/mol. The first-order valence-electron chi connectivity index (χ1n) is 6.17. The van der Waals surface area contributed by atoms with Crippen LogP contribution in [0.15, 0.2) is 12.4 Å². The maximum Gasteiger partial charge on any atom is 0.122 e. The van der Waals surface area contributed by atoms with E-state index < -0.39 is 0 Å². The zero-order chi connectivity index (χ0) is 12.2. The molecule has 3 nitrogen and oxygen atoms in total. The maximum absolute atomic E-state index is 4.41. The third kappa shape index (κ3) is 4.35. The van der Waals surface area contributed by atoms with Gasteiger partial charge in [-0.25, -0.2) is 4.98 Å². The van der Waals surface area contributed by atoms with Crippen molar-refractivity contribution < 1.29 is 0 Å². The molecule has 1 aromatic heterocycles. The van der Waals surface area contributed by atoms with Gasteiger partial charge in [-0.3, -0.25) is 0 Å². The Bertz CT molecular complexity index is 309. The summed E-state index contributed by atoms with van der Waals surface area (Å²) in [4.78, 5) is 4.41. The number of hydrogen-bond acceptors (Lipinski definition) is 2. The van der Waals surface area contributed by atoms with Gasteiger partial charge in [-0.05, 0) is 26.7 Å². The molecule has 0 fully saturated rings. The van der Waals surface area contributed by atoms with Crippen LogP contribution in [0.25, 0.3) is 0 Å². The molecule has 0 saturated heterocycles. The van der Waals surface area contributed by atoms with Crippen LogP contribution in [0.3, 0.4) is 0 Å². The van der Waals surface area contributed by atoms with Gasteiger partial charge in [-0.15, -0.1) is 0 Å². The first kappa shape index (κ1) is 13.2. The molecule has 92 valence electrons. The molecule has 1 unspecified atom stereocenters. The molecule has 0 aliphatic rings. The Morgan fingerprint density at radius 1 is 1.44 bits per heavy atom. The van der Waals surface area contributed by atoms with E-state index in [0.29, 0.717) is 5.92 Å². The lowest BCUT2D eigenvalue weighted by atomic mass is 10.1. The van der Waals surface area contributed by atoms with Crippen molar-refractivity contribution in [3.63, 3.8) is 0 Å². The Balaban J connectivity index is 2.57. The summed E-state index contributed by atoms with van der Waals surface area (Å²) in [5.41, 5.74) is 0.146. The van der Waals surface area contributed by atoms with Crippen molar-refractivity contribution in [2.75, 3.05) is 0 Å². The number of imidazole rings is 1. The van der Waals surface area contributed by atoms with E-state index in [2.05, 4.69) is 55.7 Å². The smallest absolute Gasteiger partial charge is 0.122 e. The van der Waals surface area contributed by atoms with Crippen LogP contribution >= 0.6 is 0 Å². The third-order valence-corrected chi connectivity index (χ3v) is 2.78. The minimum Gasteiger partial charge on any atom is -0.334 e. The highest BCUT2D eigenvalue weighted by Gasteiger charge is 2.11. The standard InChI is InChI=1S/C13H25N3/c1-6-11(2)10-16-8-7-14-12(16)9-15-13(3,4)5/h7-8,11,15H,6,9-10H2,1-5H3. The lowest BCUT2D eigenvalue weighted by molar-refractivity contribution is 0.399. The molecular weight excluding hydrogens is 198 g/mol. The Hall–Kier alpha value is -0.830. The highest BCUT2D eigenvalue weighted by molar-refractivity contribution is 4.93. The van der Waals surface area contributed by atoms with E-state index in [1.165, 1.54) is 6.42 Å². The second kappa shape index (κ2) is 5.48. The molecule has 1 atom stereocenters. The van der Waals surface area contributed by atoms with Gasteiger partial charge < -0.3 is 9.88 Å². The minimum absolute atomic E-state index is 0.146. The van der Waals surface area contributed by atoms with E-state index in [0.717, 1.165) is 18.9 Å². The molecule has 0 saturated carbocycles. The van der Waals surface area contributed by atoms with Gasteiger partial charge in [0, 0.05) is 24.5 Å². The van der Waals surface area contributed by atoms with Crippen LogP contribution in [-0.2, 0) is 13.1 Å². The van der Waals surface area contributed by atoms with Crippen LogP contribution < -0.4 is 5.32 Å². The average molecular weight is 223 g/mol. The van der Waals surface area contributed by atoms with E-state index >= 15 is 0 Å². The molecule has 1 heterocycles. The maximum atomic E-state index is 4.41. The van der Waals surface area contributed by atoms with Gasteiger partial charge in [-0.1, -0.05) is 20.3 Å². The number of nitrogens with zero attached hydrogens (tertiary/aromatic N) is 2. The van der Waals surface area contributed by atoms with Crippen molar-refractivity contribution in [2.45, 2.75) is 59.7 Å². The topological polar surface area (TPSA) is 29.9 Å². The van der Waals surface area contributed by atoms with Gasteiger partial charge in [0.25, 0.3) is 0 Å². The molecule has 0 aromatic carbocycles. The lowest BCUT2D eigenvalue weighted by Crippen LogP contribution is -2.36. The van der Waals surface area contributed by atoms with Crippen LogP contribution in [-0.4, -0.2) is 15.1 Å². The first-order valence-corrected chi connectivity index (χ1v) is 6.17. The van der Waals surface area contributed by atoms with E-state index in [9.17, 15) is 0 Å². The van der Waals surface area contributed by atoms with E-state index in [4.69, 9.17) is 0 Å². The molecule has 0 aliphatic heterocycles. The molecular formula is C13H25N3. The highest BCUT2D eigenvalue weighted by Crippen LogP contribution is 2.08. The summed E-state index contributed by atoms with van der Waals surface area (Å²) < 4.78 is 2.26. The molecule has 1 aromatic rings. The summed E-state index contributed by atoms with van der Waals surface area (Å²) in [5, 5.41) is 3.47. The summed E-state index contributed by atoms with van der Waals surface area (Å²) in [6.07, 6.45) is 5.18. The Morgan fingerprint density at radius 3 is 2.69 bits per heavy atom. The van der Waals surface area contributed by atoms with Crippen LogP contribution in [0, 0.1) is 5.92 Å². The molecule has 0 radical (unpaired) electrons. The van der Waals surface area contributed by atoms with Crippen molar-refractivity contribution >= 4 is 0 Å². The van der Waals surface area contributed by atoms with Crippen molar-refractivity contribution in [1.82, 2.24) is 14.9 Å². The quantitative estimate of drug-likeness (QED) is 0.832. The molecule has 0 bridgehead atoms. The van der Waals surface area contributed by atoms with Gasteiger partial charge >= 0.3 is 0 Å². The molecule has 3 heteroatoms. The van der Waals surface area contributed by atoms with Crippen LogP contribution in [0.4, 0.5) is 0 Å². The second-order valence-electron chi connectivity index (χ2n) is 5.61. The summed E-state index contributed by atoms with van der Waals surface area (Å²) in [5.74, 6) is 1.85. The number of nitrogens with one attached hydrogen (secondary N) is 1. The van der Waals surface area contributed by atoms with Gasteiger partial charge in [0.15, 0.2) is 0 Å². The van der Waals surface area contributed by atoms with Gasteiger partial charge in [-0.2, -0.15) is 0 Å². The van der Waals surface area contributed by atoms with E-state index in [1.54, 1.807) is 0 Å². The number of hydrogen-bond donors (Lipinski definition) is 1. The summed E-state index contributed by atoms with van der Waals surface area (Å²) >= 11 is 0. The molecule has 0 spiro atoms. The zero-order valence-corrected chi connectivity index (χ0v) is 11.2. The third-order valence-electron chi connectivity index (χ3n) is 2.78. The fourth-order valence-electron chi connectivity index (χ4n) is 1.48. The summed E-state index contributed by atoms with van der Waals surface area (Å²) in [6.45, 7) is 12.9. The predicted molar refractivity (Wildman–Crippen MR) is 68.3 cm³/mol. The zero-order valence-electron chi connectivity index (χ0n) is 11.2. The van der Waals surface area contributed by atoms with Crippen LogP contribution in [0.2, 0.25) is 0 Å². The molecule has 16 heavy (non-hydrogen) atoms. The van der Waals surface area contributed by atoms with Crippen molar-refractivity contribution in [3.8, 4) is 0 Å². The Labute approximate surface area is 99.3 Å². The fraction of sp³-hybridized carbons (Fsp3) is 0.769. The molecule has 0 aliphatic carbocycles. The molecule has 1 N–H and O–H groups in total. The van der Waals surface area contributed by atoms with Crippen LogP contribution in [0.1, 0.15) is 46.9 Å². The number of rotatable bonds is 5. The van der Waals surface area contributed by atoms with Crippen molar-refractivity contribution in [2.24, 2.45) is 5.92 Å². The summed E-state index contributed by atoms with van der Waals surface area (Å²) in [7, 11) is 0. The van der Waals surface area contributed by atoms with Crippen LogP contribution in [0.5, 0.6) is 0 Å². The normalized spacial score (nSPS) is 14.1. The van der Waals surface area contributed by atoms with E-state index in [1.807, 2.05) is 6.20 Å². The van der Waals surface area contributed by atoms with Gasteiger partial charge in [0.1, 0.15) is 5.82 Å². The first-order chi connectivity index (χ1) is 7.42. The summed E-state index contributed by atoms with van der Waals surface area (Å²) in [6, 6.07) is 0. The minimum atomic E-state index is 0.146. The van der Waals surface area contributed by atoms with Gasteiger partial charge in [0.2, 0.25) is 0 Å². The lowest BCUT2D eigenvalue weighted by Gasteiger charge is -2.21. The van der Waals surface area contributed by atoms with Gasteiger partial charge in [0.05, 0.1) is 6.54 Å². The average Bonchev–Trinajstić information content (AvgIpc) is 2.61. The van der Waals surface area contributed by atoms with Crippen molar-refractivity contribution in [3.05, 3.63) is 18.2 Å². The fourth-order valence-corrected chi connectivity index (χ4v) is 1.48. The van der Waals surface area contributed by atoms with Crippen molar-refractivity contribution in [1.29, 1.82) is 0 Å². The predicted octanol–water partition coefficient (Wildman–Crippen LogP) is 2.82. The highest BCUT2D eigenvalue weighted by atomic mass is 15.1. The number of aromatic nitrogens is 2. The largest absolute Gasteiger partial charge is 0.334 e. The second-order valence-corrected chi connectivity index (χ2v) is 5.61.